The summed E-state index contributed by atoms with van der Waals surface area (Å²) in [5.41, 5.74) is 0.422. The lowest BCUT2D eigenvalue weighted by molar-refractivity contribution is -0.143. The Morgan fingerprint density at radius 3 is 1.95 bits per heavy atom. The van der Waals surface area contributed by atoms with E-state index in [4.69, 9.17) is 13.6 Å². The zero-order valence-corrected chi connectivity index (χ0v) is 14.2. The minimum atomic E-state index is -1.82. The van der Waals surface area contributed by atoms with Crippen molar-refractivity contribution in [2.75, 3.05) is 0 Å². The topological polar surface area (TPSA) is 44.8 Å². The largest absolute Gasteiger partial charge is 0.459 e. The van der Waals surface area contributed by atoms with Gasteiger partial charge in [-0.25, -0.2) is 4.79 Å². The lowest BCUT2D eigenvalue weighted by Crippen LogP contribution is -2.34. The molecule has 0 saturated heterocycles. The van der Waals surface area contributed by atoms with Crippen molar-refractivity contribution in [3.05, 3.63) is 12.2 Å². The Bertz CT molecular complexity index is 279. The predicted octanol–water partition coefficient (Wildman–Crippen LogP) is 2.95. The van der Waals surface area contributed by atoms with Crippen LogP contribution in [0.4, 0.5) is 0 Å². The number of carbonyl (C=O) groups is 1. The number of esters is 1. The van der Waals surface area contributed by atoms with Crippen LogP contribution >= 0.6 is 0 Å². The second kappa shape index (κ2) is 9.28. The molecule has 0 aromatic carbocycles. The molecule has 0 aliphatic heterocycles. The summed E-state index contributed by atoms with van der Waals surface area (Å²) >= 11 is 0. The smallest absolute Gasteiger partial charge is 0.333 e. The molecule has 0 N–H and O–H groups in total. The molecule has 0 aromatic rings. The average molecular weight is 288 g/mol. The van der Waals surface area contributed by atoms with Gasteiger partial charge >= 0.3 is 15.3 Å². The van der Waals surface area contributed by atoms with Crippen LogP contribution in [0.15, 0.2) is 12.2 Å². The predicted molar refractivity (Wildman–Crippen MR) is 79.4 cm³/mol. The molecular formula is C14H28O4Si. The van der Waals surface area contributed by atoms with Gasteiger partial charge in [0.05, 0.1) is 0 Å². The molecule has 0 heterocycles. The van der Waals surface area contributed by atoms with Gasteiger partial charge in [-0.1, -0.05) is 13.5 Å². The molecule has 0 amide bonds. The van der Waals surface area contributed by atoms with Crippen LogP contribution in [-0.2, 0) is 18.4 Å². The van der Waals surface area contributed by atoms with Crippen molar-refractivity contribution in [1.82, 2.24) is 0 Å². The molecule has 112 valence electrons. The van der Waals surface area contributed by atoms with Gasteiger partial charge in [-0.05, 0) is 41.0 Å². The Balaban J connectivity index is 4.49. The maximum atomic E-state index is 11.6. The number of carbonyl (C=O) groups excluding carboxylic acids is 1. The van der Waals surface area contributed by atoms with Gasteiger partial charge in [0.2, 0.25) is 0 Å². The molecule has 1 unspecified atom stereocenters. The van der Waals surface area contributed by atoms with Crippen LogP contribution < -0.4 is 0 Å². The molecule has 0 saturated carbocycles. The molecule has 19 heavy (non-hydrogen) atoms. The van der Waals surface area contributed by atoms with E-state index in [1.807, 2.05) is 34.6 Å². The summed E-state index contributed by atoms with van der Waals surface area (Å²) in [7, 11) is -1.82. The van der Waals surface area contributed by atoms with Crippen molar-refractivity contribution in [2.45, 2.75) is 72.3 Å². The SMILES string of the molecule is C=C(C)C(=O)OC(CC)C[SiH](OC(C)C)OC(C)C. The molecule has 0 rings (SSSR count). The van der Waals surface area contributed by atoms with Gasteiger partial charge in [-0.15, -0.1) is 0 Å². The van der Waals surface area contributed by atoms with Crippen molar-refractivity contribution < 1.29 is 18.4 Å². The van der Waals surface area contributed by atoms with Gasteiger partial charge in [0.1, 0.15) is 6.10 Å². The Kier molecular flexibility index (Phi) is 8.96. The van der Waals surface area contributed by atoms with Gasteiger partial charge in [0.15, 0.2) is 0 Å². The molecule has 0 aliphatic carbocycles. The van der Waals surface area contributed by atoms with Crippen molar-refractivity contribution in [3.8, 4) is 0 Å². The Morgan fingerprint density at radius 2 is 1.63 bits per heavy atom. The van der Waals surface area contributed by atoms with Gasteiger partial charge in [0.25, 0.3) is 0 Å². The highest BCUT2D eigenvalue weighted by molar-refractivity contribution is 6.44. The molecule has 0 radical (unpaired) electrons. The molecule has 0 fully saturated rings. The molecule has 1 atom stereocenters. The fourth-order valence-corrected chi connectivity index (χ4v) is 3.87. The molecule has 4 nitrogen and oxygen atoms in total. The summed E-state index contributed by atoms with van der Waals surface area (Å²) in [5.74, 6) is -0.339. The van der Waals surface area contributed by atoms with E-state index in [2.05, 4.69) is 6.58 Å². The van der Waals surface area contributed by atoms with E-state index in [9.17, 15) is 4.79 Å². The van der Waals surface area contributed by atoms with E-state index in [0.29, 0.717) is 11.6 Å². The van der Waals surface area contributed by atoms with E-state index in [1.54, 1.807) is 6.92 Å². The first kappa shape index (κ1) is 18.3. The average Bonchev–Trinajstić information content (AvgIpc) is 2.25. The van der Waals surface area contributed by atoms with Crippen LogP contribution in [0, 0.1) is 0 Å². The highest BCUT2D eigenvalue weighted by Gasteiger charge is 2.24. The summed E-state index contributed by atoms with van der Waals surface area (Å²) in [5, 5.41) is 0. The van der Waals surface area contributed by atoms with E-state index in [1.165, 1.54) is 0 Å². The number of hydrogen-bond donors (Lipinski definition) is 0. The first-order valence-electron chi connectivity index (χ1n) is 6.93. The number of ether oxygens (including phenoxy) is 1. The molecule has 0 aliphatic rings. The standard InChI is InChI=1S/C14H28O4Si/c1-8-13(16-14(15)10(2)3)9-19(17-11(4)5)18-12(6)7/h11-13,19H,2,8-9H2,1,3-7H3. The lowest BCUT2D eigenvalue weighted by Gasteiger charge is -2.25. The third-order valence-corrected chi connectivity index (χ3v) is 4.99. The van der Waals surface area contributed by atoms with Crippen molar-refractivity contribution >= 4 is 15.3 Å². The van der Waals surface area contributed by atoms with Crippen LogP contribution in [0.2, 0.25) is 6.04 Å². The molecule has 0 bridgehead atoms. The monoisotopic (exact) mass is 288 g/mol. The summed E-state index contributed by atoms with van der Waals surface area (Å²) in [6.45, 7) is 15.2. The second-order valence-corrected chi connectivity index (χ2v) is 7.13. The van der Waals surface area contributed by atoms with E-state index in [-0.39, 0.29) is 24.3 Å². The van der Waals surface area contributed by atoms with Crippen LogP contribution in [-0.4, -0.2) is 33.6 Å². The Labute approximate surface area is 119 Å². The highest BCUT2D eigenvalue weighted by atomic mass is 28.3. The zero-order chi connectivity index (χ0) is 15.0. The van der Waals surface area contributed by atoms with E-state index < -0.39 is 9.28 Å². The maximum absolute atomic E-state index is 11.6. The normalized spacial score (nSPS) is 13.1. The third kappa shape index (κ3) is 8.97. The first-order valence-corrected chi connectivity index (χ1v) is 8.69. The summed E-state index contributed by atoms with van der Waals surface area (Å²) in [4.78, 5) is 11.6. The van der Waals surface area contributed by atoms with Crippen LogP contribution in [0.1, 0.15) is 48.0 Å². The quantitative estimate of drug-likeness (QED) is 0.372. The Morgan fingerprint density at radius 1 is 1.16 bits per heavy atom. The van der Waals surface area contributed by atoms with Crippen LogP contribution in [0.3, 0.4) is 0 Å². The molecule has 0 spiro atoms. The van der Waals surface area contributed by atoms with Gasteiger partial charge in [-0.2, -0.15) is 0 Å². The summed E-state index contributed by atoms with van der Waals surface area (Å²) < 4.78 is 17.1. The fourth-order valence-electron chi connectivity index (χ4n) is 1.52. The summed E-state index contributed by atoms with van der Waals surface area (Å²) in [6.07, 6.45) is 0.860. The third-order valence-electron chi connectivity index (χ3n) is 2.38. The lowest BCUT2D eigenvalue weighted by atomic mass is 10.3. The Hall–Kier alpha value is -0.653. The van der Waals surface area contributed by atoms with Gasteiger partial charge in [0, 0.05) is 23.8 Å². The summed E-state index contributed by atoms with van der Waals surface area (Å²) in [6, 6.07) is 0.672. The fraction of sp³-hybridized carbons (Fsp3) is 0.786. The van der Waals surface area contributed by atoms with Gasteiger partial charge < -0.3 is 13.6 Å². The molecular weight excluding hydrogens is 260 g/mol. The van der Waals surface area contributed by atoms with Crippen LogP contribution in [0.5, 0.6) is 0 Å². The van der Waals surface area contributed by atoms with Crippen molar-refractivity contribution in [3.63, 3.8) is 0 Å². The molecule has 0 aromatic heterocycles. The van der Waals surface area contributed by atoms with Gasteiger partial charge in [-0.3, -0.25) is 0 Å². The van der Waals surface area contributed by atoms with E-state index >= 15 is 0 Å². The van der Waals surface area contributed by atoms with Crippen molar-refractivity contribution in [2.24, 2.45) is 0 Å². The minimum absolute atomic E-state index is 0.129. The van der Waals surface area contributed by atoms with Crippen molar-refractivity contribution in [1.29, 1.82) is 0 Å². The zero-order valence-electron chi connectivity index (χ0n) is 13.1. The number of hydrogen-bond acceptors (Lipinski definition) is 4. The molecule has 5 heteroatoms. The second-order valence-electron chi connectivity index (χ2n) is 5.25. The van der Waals surface area contributed by atoms with Crippen LogP contribution in [0.25, 0.3) is 0 Å². The van der Waals surface area contributed by atoms with E-state index in [0.717, 1.165) is 6.42 Å². The minimum Gasteiger partial charge on any atom is -0.459 e. The highest BCUT2D eigenvalue weighted by Crippen LogP contribution is 2.14. The maximum Gasteiger partial charge on any atom is 0.333 e. The number of rotatable bonds is 9. The first-order chi connectivity index (χ1) is 8.76.